The van der Waals surface area contributed by atoms with Gasteiger partial charge in [0.2, 0.25) is 0 Å². The molecule has 0 saturated carbocycles. The summed E-state index contributed by atoms with van der Waals surface area (Å²) < 4.78 is 0. The van der Waals surface area contributed by atoms with Crippen LogP contribution in [0.25, 0.3) is 0 Å². The summed E-state index contributed by atoms with van der Waals surface area (Å²) in [7, 11) is 0. The Balaban J connectivity index is 2.58. The molecule has 1 aromatic heterocycles. The fourth-order valence-electron chi connectivity index (χ4n) is 0.338. The van der Waals surface area contributed by atoms with Crippen LogP contribution in [-0.2, 0) is 0 Å². The molecule has 1 aromatic rings. The summed E-state index contributed by atoms with van der Waals surface area (Å²) in [6, 6.07) is 0. The Morgan fingerprint density at radius 1 is 1.78 bits per heavy atom. The molecule has 9 heavy (non-hydrogen) atoms. The van der Waals surface area contributed by atoms with E-state index in [2.05, 4.69) is 20.9 Å². The molecule has 1 heterocycles. The lowest BCUT2D eigenvalue weighted by atomic mass is 11.0. The van der Waals surface area contributed by atoms with E-state index in [-0.39, 0.29) is 0 Å². The fourth-order valence-corrected chi connectivity index (χ4v) is 0.338. The average molecular weight is 128 g/mol. The zero-order valence-corrected chi connectivity index (χ0v) is 4.39. The van der Waals surface area contributed by atoms with E-state index < -0.39 is 6.09 Å². The number of hydrogen-bond donors (Lipinski definition) is 1. The molecule has 6 nitrogen and oxygen atoms in total. The van der Waals surface area contributed by atoms with Gasteiger partial charge < -0.3 is 5.73 Å². The molecule has 1 rings (SSSR count). The second-order valence-corrected chi connectivity index (χ2v) is 1.22. The first-order chi connectivity index (χ1) is 4.29. The first kappa shape index (κ1) is 5.54. The minimum atomic E-state index is -0.916. The number of nitrogens with two attached hydrogens (primary N) is 1. The largest absolute Gasteiger partial charge is 0.430 e. The molecule has 0 atom stereocenters. The summed E-state index contributed by atoms with van der Waals surface area (Å²) >= 11 is 0. The van der Waals surface area contributed by atoms with Crippen LogP contribution >= 0.6 is 0 Å². The van der Waals surface area contributed by atoms with Crippen LogP contribution in [-0.4, -0.2) is 21.3 Å². The Morgan fingerprint density at radius 2 is 2.56 bits per heavy atom. The topological polar surface area (TPSA) is 83.0 Å². The number of rotatable bonds is 1. The van der Waals surface area contributed by atoms with Crippen molar-refractivity contribution in [2.75, 3.05) is 0 Å². The highest BCUT2D eigenvalue weighted by molar-refractivity contribution is 5.64. The number of carbonyl (C=O) groups is 1. The third kappa shape index (κ3) is 1.41. The first-order valence-electron chi connectivity index (χ1n) is 2.13. The molecular weight excluding hydrogens is 124 g/mol. The normalized spacial score (nSPS) is 8.89. The lowest BCUT2D eigenvalue weighted by Crippen LogP contribution is -2.25. The van der Waals surface area contributed by atoms with Crippen molar-refractivity contribution in [3.05, 3.63) is 12.4 Å². The third-order valence-electron chi connectivity index (χ3n) is 0.584. The maximum Gasteiger partial charge on any atom is 0.430 e. The molecule has 0 unspecified atom stereocenters. The van der Waals surface area contributed by atoms with E-state index in [4.69, 9.17) is 0 Å². The molecule has 0 aliphatic carbocycles. The van der Waals surface area contributed by atoms with E-state index in [0.717, 1.165) is 4.85 Å². The monoisotopic (exact) mass is 128 g/mol. The second kappa shape index (κ2) is 2.12. The summed E-state index contributed by atoms with van der Waals surface area (Å²) in [6.45, 7) is 0. The fraction of sp³-hybridized carbons (Fsp3) is 0. The van der Waals surface area contributed by atoms with Gasteiger partial charge in [-0.1, -0.05) is 4.85 Å². The standard InChI is InChI=1S/C3H4N4O2/c4-3(8)9-7-2-1-5-6-7/h1-2H,(H2,4,8). The molecule has 0 spiro atoms. The van der Waals surface area contributed by atoms with Crippen LogP contribution in [0.5, 0.6) is 0 Å². The zero-order chi connectivity index (χ0) is 6.69. The predicted molar refractivity (Wildman–Crippen MR) is 26.2 cm³/mol. The van der Waals surface area contributed by atoms with Crippen LogP contribution in [0.4, 0.5) is 4.79 Å². The number of carbonyl (C=O) groups excluding carboxylic acids is 1. The number of primary amides is 1. The Hall–Kier alpha value is -1.59. The quantitative estimate of drug-likeness (QED) is 0.481. The van der Waals surface area contributed by atoms with Crippen LogP contribution < -0.4 is 10.6 Å². The number of aromatic nitrogens is 3. The molecule has 0 bridgehead atoms. The van der Waals surface area contributed by atoms with Gasteiger partial charge in [0.15, 0.2) is 0 Å². The van der Waals surface area contributed by atoms with E-state index in [1.165, 1.54) is 12.4 Å². The van der Waals surface area contributed by atoms with Crippen molar-refractivity contribution in [1.29, 1.82) is 0 Å². The Labute approximate surface area is 50.2 Å². The summed E-state index contributed by atoms with van der Waals surface area (Å²) in [6.07, 6.45) is 1.80. The lowest BCUT2D eigenvalue weighted by Gasteiger charge is -1.93. The van der Waals surface area contributed by atoms with Crippen molar-refractivity contribution in [1.82, 2.24) is 15.2 Å². The average Bonchev–Trinajstić information content (AvgIpc) is 2.15. The van der Waals surface area contributed by atoms with Crippen molar-refractivity contribution < 1.29 is 9.63 Å². The van der Waals surface area contributed by atoms with Gasteiger partial charge in [-0.3, -0.25) is 4.84 Å². The zero-order valence-electron chi connectivity index (χ0n) is 4.39. The van der Waals surface area contributed by atoms with E-state index in [9.17, 15) is 4.79 Å². The van der Waals surface area contributed by atoms with Gasteiger partial charge in [-0.05, 0) is 5.21 Å². The van der Waals surface area contributed by atoms with E-state index in [1.807, 2.05) is 0 Å². The molecule has 0 aromatic carbocycles. The summed E-state index contributed by atoms with van der Waals surface area (Å²) in [4.78, 5) is 15.1. The number of nitrogens with zero attached hydrogens (tertiary/aromatic N) is 3. The van der Waals surface area contributed by atoms with Crippen LogP contribution in [0, 0.1) is 0 Å². The molecule has 48 valence electrons. The molecule has 6 heteroatoms. The van der Waals surface area contributed by atoms with Crippen molar-refractivity contribution in [2.24, 2.45) is 5.73 Å². The van der Waals surface area contributed by atoms with Crippen LogP contribution in [0.1, 0.15) is 0 Å². The van der Waals surface area contributed by atoms with Gasteiger partial charge >= 0.3 is 6.09 Å². The first-order valence-corrected chi connectivity index (χ1v) is 2.13. The van der Waals surface area contributed by atoms with E-state index >= 15 is 0 Å². The maximum atomic E-state index is 9.98. The van der Waals surface area contributed by atoms with E-state index in [0.29, 0.717) is 0 Å². The van der Waals surface area contributed by atoms with Gasteiger partial charge in [-0.2, -0.15) is 0 Å². The van der Waals surface area contributed by atoms with Crippen LogP contribution in [0.2, 0.25) is 0 Å². The van der Waals surface area contributed by atoms with E-state index in [1.54, 1.807) is 0 Å². The molecule has 0 radical (unpaired) electrons. The van der Waals surface area contributed by atoms with Crippen molar-refractivity contribution in [3.63, 3.8) is 0 Å². The minimum Gasteiger partial charge on any atom is -0.333 e. The molecule has 0 saturated heterocycles. The number of amides is 1. The van der Waals surface area contributed by atoms with Gasteiger partial charge in [0.25, 0.3) is 0 Å². The molecular formula is C3H4N4O2. The van der Waals surface area contributed by atoms with Gasteiger partial charge in [-0.25, -0.2) is 4.79 Å². The summed E-state index contributed by atoms with van der Waals surface area (Å²) in [5.41, 5.74) is 4.63. The molecule has 2 N–H and O–H groups in total. The molecule has 0 aliphatic heterocycles. The summed E-state index contributed by atoms with van der Waals surface area (Å²) in [5, 5.41) is 6.66. The third-order valence-corrected chi connectivity index (χ3v) is 0.584. The van der Waals surface area contributed by atoms with Gasteiger partial charge in [0.05, 0.1) is 12.4 Å². The Morgan fingerprint density at radius 3 is 3.00 bits per heavy atom. The highest BCUT2D eigenvalue weighted by Gasteiger charge is 1.93. The van der Waals surface area contributed by atoms with Crippen molar-refractivity contribution in [2.45, 2.75) is 0 Å². The highest BCUT2D eigenvalue weighted by atomic mass is 16.7. The highest BCUT2D eigenvalue weighted by Crippen LogP contribution is 1.72. The lowest BCUT2D eigenvalue weighted by molar-refractivity contribution is 0.122. The summed E-state index contributed by atoms with van der Waals surface area (Å²) in [5.74, 6) is 0. The maximum absolute atomic E-state index is 9.98. The second-order valence-electron chi connectivity index (χ2n) is 1.22. The molecule has 0 aliphatic rings. The predicted octanol–water partition coefficient (Wildman–Crippen LogP) is -1.21. The SMILES string of the molecule is NC(=O)On1ccnn1. The van der Waals surface area contributed by atoms with Gasteiger partial charge in [-0.15, -0.1) is 5.10 Å². The number of hydrogen-bond acceptors (Lipinski definition) is 4. The molecule has 1 amide bonds. The Bertz CT molecular complexity index is 194. The van der Waals surface area contributed by atoms with Crippen LogP contribution in [0.15, 0.2) is 12.4 Å². The van der Waals surface area contributed by atoms with Gasteiger partial charge in [0, 0.05) is 0 Å². The van der Waals surface area contributed by atoms with Crippen molar-refractivity contribution >= 4 is 6.09 Å². The minimum absolute atomic E-state index is 0.863. The van der Waals surface area contributed by atoms with Gasteiger partial charge in [0.1, 0.15) is 0 Å². The molecule has 0 fully saturated rings. The smallest absolute Gasteiger partial charge is 0.333 e. The van der Waals surface area contributed by atoms with Crippen molar-refractivity contribution in [3.8, 4) is 0 Å². The van der Waals surface area contributed by atoms with Crippen LogP contribution in [0.3, 0.4) is 0 Å². The Kier molecular flexibility index (Phi) is 1.31.